The third-order valence-electron chi connectivity index (χ3n) is 4.52. The molecule has 1 amide bonds. The minimum atomic E-state index is -1.07. The first-order valence-corrected chi connectivity index (χ1v) is 9.27. The van der Waals surface area contributed by atoms with Gasteiger partial charge in [-0.25, -0.2) is 13.9 Å². The Labute approximate surface area is 168 Å². The highest BCUT2D eigenvalue weighted by atomic mass is 19.1. The van der Waals surface area contributed by atoms with Gasteiger partial charge >= 0.3 is 5.97 Å². The molecule has 29 heavy (non-hydrogen) atoms. The van der Waals surface area contributed by atoms with E-state index >= 15 is 0 Å². The largest absolute Gasteiger partial charge is 0.464 e. The number of para-hydroxylation sites is 1. The summed E-state index contributed by atoms with van der Waals surface area (Å²) in [6, 6.07) is 13.7. The number of benzene rings is 2. The fourth-order valence-corrected chi connectivity index (χ4v) is 3.21. The van der Waals surface area contributed by atoms with Crippen molar-refractivity contribution in [2.75, 3.05) is 6.61 Å². The Morgan fingerprint density at radius 3 is 2.52 bits per heavy atom. The highest BCUT2D eigenvalue weighted by Gasteiger charge is 2.30. The molecule has 0 saturated carbocycles. The van der Waals surface area contributed by atoms with Crippen molar-refractivity contribution in [1.82, 2.24) is 15.1 Å². The minimum Gasteiger partial charge on any atom is -0.464 e. The van der Waals surface area contributed by atoms with Crippen LogP contribution in [-0.4, -0.2) is 28.3 Å². The zero-order valence-electron chi connectivity index (χ0n) is 16.5. The van der Waals surface area contributed by atoms with Crippen molar-refractivity contribution in [1.29, 1.82) is 0 Å². The molecule has 0 fully saturated rings. The fraction of sp³-hybridized carbons (Fsp3) is 0.227. The summed E-state index contributed by atoms with van der Waals surface area (Å²) in [5.41, 5.74) is 2.79. The number of amides is 1. The standard InChI is InChI=1S/C22H22FN3O3/c1-4-29-22(28)20(24-21(27)16-9-8-10-17(23)13-16)19-14(2)25-26(15(19)3)18-11-6-5-7-12-18/h5-13,20H,4H2,1-3H3,(H,24,27)/t20-/m0/s1. The maximum absolute atomic E-state index is 13.5. The lowest BCUT2D eigenvalue weighted by Crippen LogP contribution is -2.35. The van der Waals surface area contributed by atoms with Crippen LogP contribution in [0, 0.1) is 19.7 Å². The maximum atomic E-state index is 13.5. The van der Waals surface area contributed by atoms with Crippen molar-refractivity contribution in [3.63, 3.8) is 0 Å². The fourth-order valence-electron chi connectivity index (χ4n) is 3.21. The quantitative estimate of drug-likeness (QED) is 0.647. The second-order valence-corrected chi connectivity index (χ2v) is 6.50. The first kappa shape index (κ1) is 20.3. The summed E-state index contributed by atoms with van der Waals surface area (Å²) in [4.78, 5) is 25.4. The van der Waals surface area contributed by atoms with E-state index in [4.69, 9.17) is 4.74 Å². The van der Waals surface area contributed by atoms with Crippen LogP contribution >= 0.6 is 0 Å². The van der Waals surface area contributed by atoms with Gasteiger partial charge in [0.2, 0.25) is 0 Å². The van der Waals surface area contributed by atoms with Crippen LogP contribution in [-0.2, 0) is 9.53 Å². The van der Waals surface area contributed by atoms with Crippen molar-refractivity contribution in [2.24, 2.45) is 0 Å². The summed E-state index contributed by atoms with van der Waals surface area (Å²) in [6.07, 6.45) is 0. The number of hydrogen-bond donors (Lipinski definition) is 1. The number of carbonyl (C=O) groups excluding carboxylic acids is 2. The summed E-state index contributed by atoms with van der Waals surface area (Å²) in [7, 11) is 0. The maximum Gasteiger partial charge on any atom is 0.333 e. The molecule has 3 rings (SSSR count). The number of carbonyl (C=O) groups is 2. The third-order valence-corrected chi connectivity index (χ3v) is 4.52. The Hall–Kier alpha value is -3.48. The van der Waals surface area contributed by atoms with E-state index in [0.29, 0.717) is 17.0 Å². The normalized spacial score (nSPS) is 11.7. The lowest BCUT2D eigenvalue weighted by molar-refractivity contribution is -0.145. The average Bonchev–Trinajstić information content (AvgIpc) is 3.01. The van der Waals surface area contributed by atoms with Crippen LogP contribution < -0.4 is 5.32 Å². The zero-order chi connectivity index (χ0) is 21.0. The molecule has 3 aromatic rings. The molecule has 6 nitrogen and oxygen atoms in total. The number of nitrogens with one attached hydrogen (secondary N) is 1. The van der Waals surface area contributed by atoms with Gasteiger partial charge in [0.1, 0.15) is 5.82 Å². The Balaban J connectivity index is 2.01. The number of rotatable bonds is 6. The van der Waals surface area contributed by atoms with Crippen LogP contribution in [0.25, 0.3) is 5.69 Å². The Kier molecular flexibility index (Phi) is 6.07. The number of nitrogens with zero attached hydrogens (tertiary/aromatic N) is 2. The molecule has 150 valence electrons. The van der Waals surface area contributed by atoms with Crippen LogP contribution in [0.2, 0.25) is 0 Å². The van der Waals surface area contributed by atoms with E-state index in [1.807, 2.05) is 37.3 Å². The summed E-state index contributed by atoms with van der Waals surface area (Å²) in [6.45, 7) is 5.44. The molecule has 0 saturated heterocycles. The van der Waals surface area contributed by atoms with Crippen LogP contribution in [0.15, 0.2) is 54.6 Å². The van der Waals surface area contributed by atoms with Gasteiger partial charge in [-0.2, -0.15) is 5.10 Å². The van der Waals surface area contributed by atoms with E-state index in [1.54, 1.807) is 18.5 Å². The van der Waals surface area contributed by atoms with Crippen molar-refractivity contribution < 1.29 is 18.7 Å². The number of aryl methyl sites for hydroxylation is 1. The van der Waals surface area contributed by atoms with Crippen molar-refractivity contribution >= 4 is 11.9 Å². The van der Waals surface area contributed by atoms with Gasteiger partial charge in [0.15, 0.2) is 6.04 Å². The molecule has 0 radical (unpaired) electrons. The van der Waals surface area contributed by atoms with Gasteiger partial charge in [0, 0.05) is 16.8 Å². The second kappa shape index (κ2) is 8.68. The smallest absolute Gasteiger partial charge is 0.333 e. The molecule has 1 atom stereocenters. The number of halogens is 1. The first-order chi connectivity index (χ1) is 13.9. The van der Waals surface area contributed by atoms with Crippen molar-refractivity contribution in [3.05, 3.63) is 82.9 Å². The van der Waals surface area contributed by atoms with E-state index in [0.717, 1.165) is 11.8 Å². The lowest BCUT2D eigenvalue weighted by atomic mass is 10.0. The monoisotopic (exact) mass is 395 g/mol. The molecule has 0 spiro atoms. The van der Waals surface area contributed by atoms with Crippen LogP contribution in [0.5, 0.6) is 0 Å². The van der Waals surface area contributed by atoms with Crippen molar-refractivity contribution in [2.45, 2.75) is 26.8 Å². The summed E-state index contributed by atoms with van der Waals surface area (Å²) in [5, 5.41) is 7.21. The molecule has 0 unspecified atom stereocenters. The Morgan fingerprint density at radius 1 is 1.14 bits per heavy atom. The van der Waals surface area contributed by atoms with E-state index in [2.05, 4.69) is 10.4 Å². The van der Waals surface area contributed by atoms with Crippen molar-refractivity contribution in [3.8, 4) is 5.69 Å². The first-order valence-electron chi connectivity index (χ1n) is 9.27. The Morgan fingerprint density at radius 2 is 1.86 bits per heavy atom. The number of hydrogen-bond acceptors (Lipinski definition) is 4. The molecule has 1 heterocycles. The van der Waals surface area contributed by atoms with Gasteiger partial charge in [-0.15, -0.1) is 0 Å². The molecule has 7 heteroatoms. The molecule has 0 bridgehead atoms. The average molecular weight is 395 g/mol. The highest BCUT2D eigenvalue weighted by molar-refractivity contribution is 5.97. The predicted octanol–water partition coefficient (Wildman–Crippen LogP) is 3.66. The number of esters is 1. The zero-order valence-corrected chi connectivity index (χ0v) is 16.5. The topological polar surface area (TPSA) is 73.2 Å². The lowest BCUT2D eigenvalue weighted by Gasteiger charge is -2.18. The second-order valence-electron chi connectivity index (χ2n) is 6.50. The minimum absolute atomic E-state index is 0.116. The van der Waals surface area contributed by atoms with Gasteiger partial charge in [0.25, 0.3) is 5.91 Å². The summed E-state index contributed by atoms with van der Waals surface area (Å²) in [5.74, 6) is -1.71. The summed E-state index contributed by atoms with van der Waals surface area (Å²) >= 11 is 0. The van der Waals surface area contributed by atoms with Gasteiger partial charge in [0.05, 0.1) is 18.0 Å². The van der Waals surface area contributed by atoms with Gasteiger partial charge in [-0.1, -0.05) is 24.3 Å². The predicted molar refractivity (Wildman–Crippen MR) is 106 cm³/mol. The molecule has 0 aliphatic heterocycles. The molecule has 1 N–H and O–H groups in total. The number of ether oxygens (including phenoxy) is 1. The van der Waals surface area contributed by atoms with Gasteiger partial charge in [-0.05, 0) is 51.1 Å². The third kappa shape index (κ3) is 4.34. The van der Waals surface area contributed by atoms with Crippen LogP contribution in [0.4, 0.5) is 4.39 Å². The number of aromatic nitrogens is 2. The summed E-state index contributed by atoms with van der Waals surface area (Å²) < 4.78 is 20.4. The van der Waals surface area contributed by atoms with E-state index in [-0.39, 0.29) is 12.2 Å². The van der Waals surface area contributed by atoms with Gasteiger partial charge in [-0.3, -0.25) is 4.79 Å². The van der Waals surface area contributed by atoms with Crippen LogP contribution in [0.3, 0.4) is 0 Å². The van der Waals surface area contributed by atoms with Gasteiger partial charge < -0.3 is 10.1 Å². The highest BCUT2D eigenvalue weighted by Crippen LogP contribution is 2.26. The molecular formula is C22H22FN3O3. The molecule has 2 aromatic carbocycles. The van der Waals surface area contributed by atoms with E-state index in [9.17, 15) is 14.0 Å². The molecule has 1 aromatic heterocycles. The molecule has 0 aliphatic carbocycles. The van der Waals surface area contributed by atoms with E-state index < -0.39 is 23.7 Å². The molecular weight excluding hydrogens is 373 g/mol. The SMILES string of the molecule is CCOC(=O)[C@@H](NC(=O)c1cccc(F)c1)c1c(C)nn(-c2ccccc2)c1C. The van der Waals surface area contributed by atoms with E-state index in [1.165, 1.54) is 18.2 Å². The Bertz CT molecular complexity index is 1030. The van der Waals surface area contributed by atoms with Crippen LogP contribution in [0.1, 0.15) is 40.3 Å². The molecule has 0 aliphatic rings.